The molecule has 0 fully saturated rings. The van der Waals surface area contributed by atoms with Crippen molar-refractivity contribution < 1.29 is 13.9 Å². The molecule has 0 spiro atoms. The lowest BCUT2D eigenvalue weighted by Gasteiger charge is -2.15. The molecule has 0 atom stereocenters. The van der Waals surface area contributed by atoms with Crippen molar-refractivity contribution in [3.05, 3.63) is 29.6 Å². The average Bonchev–Trinajstić information content (AvgIpc) is 2.07. The van der Waals surface area contributed by atoms with E-state index >= 15 is 0 Å². The maximum Gasteiger partial charge on any atom is 0.170 e. The highest BCUT2D eigenvalue weighted by Gasteiger charge is 2.18. The molecule has 2 nitrogen and oxygen atoms in total. The largest absolute Gasteiger partial charge is 0.492 e. The molecule has 1 aliphatic rings. The molecule has 0 N–H and O–H groups in total. The van der Waals surface area contributed by atoms with E-state index in [2.05, 4.69) is 0 Å². The number of ether oxygens (including phenoxy) is 1. The quantitative estimate of drug-likeness (QED) is 0.585. The molecule has 0 radical (unpaired) electrons. The standard InChI is InChI=1S/C9H7FO2/c10-6-1-2-9-7(5-6)8(11)3-4-12-9/h1-2,5H,3-4H2/i10-1. The van der Waals surface area contributed by atoms with Crippen LogP contribution in [0.1, 0.15) is 16.8 Å². The second-order valence-electron chi connectivity index (χ2n) is 2.66. The molecule has 12 heavy (non-hydrogen) atoms. The SMILES string of the molecule is O=C1CCOc2ccc([18F])cc21. The van der Waals surface area contributed by atoms with Crippen LogP contribution in [0.4, 0.5) is 4.39 Å². The Morgan fingerprint density at radius 2 is 2.25 bits per heavy atom. The first kappa shape index (κ1) is 7.28. The highest BCUT2D eigenvalue weighted by Crippen LogP contribution is 2.24. The lowest BCUT2D eigenvalue weighted by molar-refractivity contribution is 0.0933. The molecule has 0 saturated carbocycles. The summed E-state index contributed by atoms with van der Waals surface area (Å²) < 4.78 is 17.8. The smallest absolute Gasteiger partial charge is 0.170 e. The zero-order valence-corrected chi connectivity index (χ0v) is 6.34. The third-order valence-corrected chi connectivity index (χ3v) is 1.83. The van der Waals surface area contributed by atoms with Crippen molar-refractivity contribution in [3.63, 3.8) is 0 Å². The molecule has 0 unspecified atom stereocenters. The molecule has 0 saturated heterocycles. The zero-order chi connectivity index (χ0) is 8.55. The molecular formula is C9H7FO2. The van der Waals surface area contributed by atoms with Gasteiger partial charge in [0.15, 0.2) is 5.78 Å². The van der Waals surface area contributed by atoms with E-state index in [-0.39, 0.29) is 5.78 Å². The number of hydrogen-bond donors (Lipinski definition) is 0. The van der Waals surface area contributed by atoms with Gasteiger partial charge in [-0.25, -0.2) is 4.39 Å². The Kier molecular flexibility index (Phi) is 1.57. The molecule has 1 heterocycles. The number of fused-ring (bicyclic) bond motifs is 1. The van der Waals surface area contributed by atoms with Crippen molar-refractivity contribution in [2.24, 2.45) is 0 Å². The van der Waals surface area contributed by atoms with Crippen molar-refractivity contribution in [2.75, 3.05) is 6.61 Å². The Morgan fingerprint density at radius 3 is 3.08 bits per heavy atom. The molecule has 62 valence electrons. The van der Waals surface area contributed by atoms with Gasteiger partial charge in [0.25, 0.3) is 0 Å². The van der Waals surface area contributed by atoms with E-state index in [1.165, 1.54) is 18.2 Å². The van der Waals surface area contributed by atoms with Gasteiger partial charge >= 0.3 is 0 Å². The Bertz CT molecular complexity index is 333. The van der Waals surface area contributed by atoms with Gasteiger partial charge in [-0.15, -0.1) is 0 Å². The molecule has 1 aromatic rings. The third-order valence-electron chi connectivity index (χ3n) is 1.83. The van der Waals surface area contributed by atoms with Crippen LogP contribution < -0.4 is 4.74 Å². The second kappa shape index (κ2) is 2.59. The van der Waals surface area contributed by atoms with E-state index in [4.69, 9.17) is 4.74 Å². The van der Waals surface area contributed by atoms with Gasteiger partial charge in [0.1, 0.15) is 11.6 Å². The predicted octanol–water partition coefficient (Wildman–Crippen LogP) is 1.79. The van der Waals surface area contributed by atoms with Gasteiger partial charge in [-0.2, -0.15) is 0 Å². The molecule has 0 aromatic heterocycles. The van der Waals surface area contributed by atoms with Gasteiger partial charge in [-0.3, -0.25) is 4.79 Å². The Labute approximate surface area is 69.0 Å². The number of benzene rings is 1. The van der Waals surface area contributed by atoms with E-state index in [9.17, 15) is 9.18 Å². The third kappa shape index (κ3) is 1.07. The van der Waals surface area contributed by atoms with Gasteiger partial charge < -0.3 is 4.74 Å². The number of rotatable bonds is 0. The number of ketones is 1. The summed E-state index contributed by atoms with van der Waals surface area (Å²) in [6, 6.07) is 4.00. The first-order chi connectivity index (χ1) is 5.77. The number of hydrogen-bond acceptors (Lipinski definition) is 2. The van der Waals surface area contributed by atoms with Crippen LogP contribution in [0.5, 0.6) is 5.75 Å². The van der Waals surface area contributed by atoms with Gasteiger partial charge in [-0.1, -0.05) is 0 Å². The van der Waals surface area contributed by atoms with E-state index in [1.807, 2.05) is 0 Å². The lowest BCUT2D eigenvalue weighted by Crippen LogP contribution is -2.15. The monoisotopic (exact) mass is 165 g/mol. The maximum atomic E-state index is 12.7. The van der Waals surface area contributed by atoms with Crippen molar-refractivity contribution >= 4 is 5.78 Å². The fourth-order valence-electron chi connectivity index (χ4n) is 1.23. The van der Waals surface area contributed by atoms with Crippen molar-refractivity contribution in [1.82, 2.24) is 0 Å². The minimum atomic E-state index is -0.396. The van der Waals surface area contributed by atoms with Crippen LogP contribution in [-0.4, -0.2) is 12.4 Å². The summed E-state index contributed by atoms with van der Waals surface area (Å²) >= 11 is 0. The van der Waals surface area contributed by atoms with Crippen LogP contribution in [0.25, 0.3) is 0 Å². The first-order valence-corrected chi connectivity index (χ1v) is 3.73. The number of Topliss-reactive ketones (excluding diaryl/α,β-unsaturated/α-hetero) is 1. The molecular weight excluding hydrogens is 158 g/mol. The predicted molar refractivity (Wildman–Crippen MR) is 40.8 cm³/mol. The number of carbonyl (C=O) groups excluding carboxylic acids is 1. The molecule has 1 aliphatic heterocycles. The van der Waals surface area contributed by atoms with Crippen LogP contribution in [0.3, 0.4) is 0 Å². The summed E-state index contributed by atoms with van der Waals surface area (Å²) in [5.41, 5.74) is 0.362. The molecule has 2 rings (SSSR count). The number of carbonyl (C=O) groups is 1. The minimum absolute atomic E-state index is 0.0456. The maximum absolute atomic E-state index is 12.7. The van der Waals surface area contributed by atoms with Crippen molar-refractivity contribution in [1.29, 1.82) is 0 Å². The fraction of sp³-hybridized carbons (Fsp3) is 0.222. The van der Waals surface area contributed by atoms with Crippen LogP contribution >= 0.6 is 0 Å². The summed E-state index contributed by atoms with van der Waals surface area (Å²) in [6.45, 7) is 0.400. The van der Waals surface area contributed by atoms with Crippen LogP contribution in [0.2, 0.25) is 0 Å². The summed E-state index contributed by atoms with van der Waals surface area (Å²) in [7, 11) is 0. The van der Waals surface area contributed by atoms with Crippen molar-refractivity contribution in [3.8, 4) is 5.75 Å². The van der Waals surface area contributed by atoms with E-state index < -0.39 is 5.82 Å². The normalized spacial score (nSPS) is 15.2. The first-order valence-electron chi connectivity index (χ1n) is 3.73. The van der Waals surface area contributed by atoms with E-state index in [0.717, 1.165) is 0 Å². The second-order valence-corrected chi connectivity index (χ2v) is 2.66. The highest BCUT2D eigenvalue weighted by atomic mass is 18.2. The summed E-state index contributed by atoms with van der Waals surface area (Å²) in [6.07, 6.45) is 0.344. The summed E-state index contributed by atoms with van der Waals surface area (Å²) in [5, 5.41) is 0. The molecule has 0 aliphatic carbocycles. The minimum Gasteiger partial charge on any atom is -0.492 e. The van der Waals surface area contributed by atoms with Gasteiger partial charge in [0.2, 0.25) is 0 Å². The topological polar surface area (TPSA) is 26.3 Å². The van der Waals surface area contributed by atoms with Gasteiger partial charge in [-0.05, 0) is 18.2 Å². The van der Waals surface area contributed by atoms with Crippen LogP contribution in [0, 0.1) is 5.82 Å². The van der Waals surface area contributed by atoms with Gasteiger partial charge in [0, 0.05) is 6.42 Å². The number of halogens is 1. The van der Waals surface area contributed by atoms with E-state index in [1.54, 1.807) is 0 Å². The summed E-state index contributed by atoms with van der Waals surface area (Å²) in [4.78, 5) is 11.2. The molecule has 3 heteroatoms. The molecule has 0 bridgehead atoms. The van der Waals surface area contributed by atoms with Crippen molar-refractivity contribution in [2.45, 2.75) is 6.42 Å². The zero-order valence-electron chi connectivity index (χ0n) is 6.34. The Balaban J connectivity index is 2.54. The van der Waals surface area contributed by atoms with Gasteiger partial charge in [0.05, 0.1) is 12.2 Å². The lowest BCUT2D eigenvalue weighted by atomic mass is 10.1. The fourth-order valence-corrected chi connectivity index (χ4v) is 1.23. The van der Waals surface area contributed by atoms with Crippen LogP contribution in [-0.2, 0) is 0 Å². The Morgan fingerprint density at radius 1 is 1.42 bits per heavy atom. The summed E-state index contributed by atoms with van der Waals surface area (Å²) in [5.74, 6) is 0.0519. The Hall–Kier alpha value is -1.38. The highest BCUT2D eigenvalue weighted by molar-refractivity contribution is 5.99. The average molecular weight is 165 g/mol. The molecule has 0 amide bonds. The van der Waals surface area contributed by atoms with E-state index in [0.29, 0.717) is 24.3 Å². The molecule has 1 aromatic carbocycles. The van der Waals surface area contributed by atoms with Crippen LogP contribution in [0.15, 0.2) is 18.2 Å².